The largest absolute Gasteiger partial charge is 0.453 e. The van der Waals surface area contributed by atoms with E-state index in [-0.39, 0.29) is 5.75 Å². The van der Waals surface area contributed by atoms with E-state index in [0.29, 0.717) is 18.2 Å². The Morgan fingerprint density at radius 3 is 2.93 bits per heavy atom. The third kappa shape index (κ3) is 4.59. The molecule has 0 aliphatic carbocycles. The van der Waals surface area contributed by atoms with E-state index in [2.05, 4.69) is 31.5 Å². The number of hydrogen-bond donors (Lipinski definition) is 1. The maximum atomic E-state index is 14.5. The molecular weight excluding hydrogens is 383 g/mol. The highest BCUT2D eigenvalue weighted by atomic mass is 19.1. The first-order valence-corrected chi connectivity index (χ1v) is 9.93. The van der Waals surface area contributed by atoms with E-state index in [0.717, 1.165) is 31.0 Å². The molecular formula is C22H25FN6O. The van der Waals surface area contributed by atoms with Crippen molar-refractivity contribution in [2.75, 3.05) is 20.1 Å². The Kier molecular flexibility index (Phi) is 5.92. The Hall–Kier alpha value is -3.42. The number of aliphatic imine (C=N–C) groups is 1. The van der Waals surface area contributed by atoms with Gasteiger partial charge in [0.25, 0.3) is 0 Å². The van der Waals surface area contributed by atoms with Crippen molar-refractivity contribution in [3.8, 4) is 11.5 Å². The smallest absolute Gasteiger partial charge is 0.193 e. The van der Waals surface area contributed by atoms with Gasteiger partial charge in [0.2, 0.25) is 0 Å². The molecule has 0 amide bonds. The van der Waals surface area contributed by atoms with Gasteiger partial charge in [-0.15, -0.1) is 0 Å². The number of likely N-dealkylation sites (tertiary alicyclic amines) is 1. The Bertz CT molecular complexity index is 1020. The topological polar surface area (TPSA) is 67.6 Å². The lowest BCUT2D eigenvalue weighted by atomic mass is 10.0. The highest BCUT2D eigenvalue weighted by Gasteiger charge is 2.26. The Balaban J connectivity index is 1.34. The highest BCUT2D eigenvalue weighted by molar-refractivity contribution is 5.80. The molecule has 8 heteroatoms. The van der Waals surface area contributed by atoms with Crippen molar-refractivity contribution in [1.29, 1.82) is 0 Å². The second-order valence-electron chi connectivity index (χ2n) is 7.34. The SMILES string of the molecule is CN=C(NCc1ccc(Oc2cccnc2)c(F)c1)N1CCC(c2cnn(C)c2)C1. The molecule has 1 unspecified atom stereocenters. The van der Waals surface area contributed by atoms with Crippen molar-refractivity contribution in [2.45, 2.75) is 18.9 Å². The zero-order chi connectivity index (χ0) is 20.9. The second-order valence-corrected chi connectivity index (χ2v) is 7.34. The molecule has 1 atom stereocenters. The van der Waals surface area contributed by atoms with Crippen LogP contribution in [0, 0.1) is 5.82 Å². The molecule has 1 aromatic carbocycles. The summed E-state index contributed by atoms with van der Waals surface area (Å²) in [5.74, 6) is 1.52. The van der Waals surface area contributed by atoms with Crippen molar-refractivity contribution in [3.05, 3.63) is 72.1 Å². The summed E-state index contributed by atoms with van der Waals surface area (Å²) in [4.78, 5) is 10.6. The fourth-order valence-corrected chi connectivity index (χ4v) is 3.66. The Labute approximate surface area is 175 Å². The number of guanidine groups is 1. The molecule has 156 valence electrons. The van der Waals surface area contributed by atoms with Crippen molar-refractivity contribution >= 4 is 5.96 Å². The summed E-state index contributed by atoms with van der Waals surface area (Å²) in [6.07, 6.45) is 8.25. The van der Waals surface area contributed by atoms with Crippen LogP contribution in [0.25, 0.3) is 0 Å². The number of pyridine rings is 1. The number of ether oxygens (including phenoxy) is 1. The first kappa shape index (κ1) is 19.9. The molecule has 1 N–H and O–H groups in total. The van der Waals surface area contributed by atoms with Crippen LogP contribution >= 0.6 is 0 Å². The fraction of sp³-hybridized carbons (Fsp3) is 0.318. The number of hydrogen-bond acceptors (Lipinski definition) is 4. The van der Waals surface area contributed by atoms with E-state index in [4.69, 9.17) is 4.74 Å². The van der Waals surface area contributed by atoms with Gasteiger partial charge in [0.05, 0.1) is 12.4 Å². The summed E-state index contributed by atoms with van der Waals surface area (Å²) in [6, 6.07) is 8.44. The zero-order valence-corrected chi connectivity index (χ0v) is 17.1. The van der Waals surface area contributed by atoms with Gasteiger partial charge in [0, 0.05) is 52.0 Å². The van der Waals surface area contributed by atoms with Gasteiger partial charge < -0.3 is 15.0 Å². The molecule has 1 saturated heterocycles. The van der Waals surface area contributed by atoms with E-state index >= 15 is 0 Å². The third-order valence-electron chi connectivity index (χ3n) is 5.20. The lowest BCUT2D eigenvalue weighted by Crippen LogP contribution is -2.39. The number of halogens is 1. The number of aryl methyl sites for hydroxylation is 1. The minimum absolute atomic E-state index is 0.176. The lowest BCUT2D eigenvalue weighted by molar-refractivity contribution is 0.439. The average Bonchev–Trinajstić information content (AvgIpc) is 3.40. The molecule has 4 rings (SSSR count). The van der Waals surface area contributed by atoms with Gasteiger partial charge in [0.1, 0.15) is 5.75 Å². The summed E-state index contributed by atoms with van der Waals surface area (Å²) in [5.41, 5.74) is 2.07. The van der Waals surface area contributed by atoms with Crippen LogP contribution in [0.1, 0.15) is 23.5 Å². The molecule has 0 radical (unpaired) electrons. The third-order valence-corrected chi connectivity index (χ3v) is 5.20. The summed E-state index contributed by atoms with van der Waals surface area (Å²) < 4.78 is 21.8. The van der Waals surface area contributed by atoms with Crippen molar-refractivity contribution < 1.29 is 9.13 Å². The molecule has 3 heterocycles. The van der Waals surface area contributed by atoms with Crippen LogP contribution in [0.15, 0.2) is 60.1 Å². The van der Waals surface area contributed by atoms with Crippen LogP contribution in [0.4, 0.5) is 4.39 Å². The van der Waals surface area contributed by atoms with E-state index in [1.807, 2.05) is 24.0 Å². The summed E-state index contributed by atoms with van der Waals surface area (Å²) >= 11 is 0. The van der Waals surface area contributed by atoms with Crippen LogP contribution in [0.2, 0.25) is 0 Å². The molecule has 30 heavy (non-hydrogen) atoms. The molecule has 1 fully saturated rings. The Morgan fingerprint density at radius 2 is 2.23 bits per heavy atom. The maximum Gasteiger partial charge on any atom is 0.193 e. The van der Waals surface area contributed by atoms with Crippen molar-refractivity contribution in [2.24, 2.45) is 12.0 Å². The summed E-state index contributed by atoms with van der Waals surface area (Å²) in [7, 11) is 3.70. The number of benzene rings is 1. The van der Waals surface area contributed by atoms with Crippen LogP contribution in [0.3, 0.4) is 0 Å². The van der Waals surface area contributed by atoms with Crippen molar-refractivity contribution in [1.82, 2.24) is 25.0 Å². The number of nitrogens with one attached hydrogen (secondary N) is 1. The van der Waals surface area contributed by atoms with E-state index in [1.165, 1.54) is 11.6 Å². The highest BCUT2D eigenvalue weighted by Crippen LogP contribution is 2.27. The van der Waals surface area contributed by atoms with E-state index in [9.17, 15) is 4.39 Å². The second kappa shape index (κ2) is 8.94. The van der Waals surface area contributed by atoms with Gasteiger partial charge in [-0.25, -0.2) is 4.39 Å². The molecule has 0 saturated carbocycles. The first-order valence-electron chi connectivity index (χ1n) is 9.93. The molecule has 1 aliphatic rings. The fourth-order valence-electron chi connectivity index (χ4n) is 3.66. The lowest BCUT2D eigenvalue weighted by Gasteiger charge is -2.21. The van der Waals surface area contributed by atoms with Crippen LogP contribution in [-0.2, 0) is 13.6 Å². The zero-order valence-electron chi connectivity index (χ0n) is 17.1. The van der Waals surface area contributed by atoms with Gasteiger partial charge in [-0.1, -0.05) is 6.07 Å². The van der Waals surface area contributed by atoms with Crippen molar-refractivity contribution in [3.63, 3.8) is 0 Å². The van der Waals surface area contributed by atoms with Gasteiger partial charge in [-0.2, -0.15) is 5.10 Å². The van der Waals surface area contributed by atoms with Gasteiger partial charge in [0.15, 0.2) is 17.5 Å². The molecule has 1 aliphatic heterocycles. The monoisotopic (exact) mass is 408 g/mol. The van der Waals surface area contributed by atoms with Gasteiger partial charge in [-0.05, 0) is 41.8 Å². The number of aromatic nitrogens is 3. The van der Waals surface area contributed by atoms with E-state index < -0.39 is 5.82 Å². The molecule has 7 nitrogen and oxygen atoms in total. The van der Waals surface area contributed by atoms with Crippen LogP contribution in [0.5, 0.6) is 11.5 Å². The van der Waals surface area contributed by atoms with E-state index in [1.54, 1.807) is 37.6 Å². The first-order chi connectivity index (χ1) is 14.6. The maximum absolute atomic E-state index is 14.5. The van der Waals surface area contributed by atoms with Crippen LogP contribution < -0.4 is 10.1 Å². The molecule has 2 aromatic heterocycles. The average molecular weight is 408 g/mol. The predicted molar refractivity (Wildman–Crippen MR) is 113 cm³/mol. The predicted octanol–water partition coefficient (Wildman–Crippen LogP) is 3.31. The minimum atomic E-state index is -0.411. The molecule has 3 aromatic rings. The minimum Gasteiger partial charge on any atom is -0.453 e. The van der Waals surface area contributed by atoms with Gasteiger partial charge in [-0.3, -0.25) is 14.7 Å². The normalized spacial score (nSPS) is 16.7. The summed E-state index contributed by atoms with van der Waals surface area (Å²) in [5, 5.41) is 7.61. The molecule has 0 spiro atoms. The number of nitrogens with zero attached hydrogens (tertiary/aromatic N) is 5. The standard InChI is InChI=1S/C22H25FN6O/c1-24-22(29-9-7-17(15-29)18-12-27-28(2)14-18)26-11-16-5-6-21(20(23)10-16)30-19-4-3-8-25-13-19/h3-6,8,10,12-14,17H,7,9,11,15H2,1-2H3,(H,24,26). The number of rotatable bonds is 5. The quantitative estimate of drug-likeness (QED) is 0.518. The van der Waals surface area contributed by atoms with Gasteiger partial charge >= 0.3 is 0 Å². The molecule has 0 bridgehead atoms. The van der Waals surface area contributed by atoms with Crippen LogP contribution in [-0.4, -0.2) is 45.8 Å². The Morgan fingerprint density at radius 1 is 1.33 bits per heavy atom. The summed E-state index contributed by atoms with van der Waals surface area (Å²) in [6.45, 7) is 2.29.